The second-order valence-corrected chi connectivity index (χ2v) is 4.47. The lowest BCUT2D eigenvalue weighted by Crippen LogP contribution is -2.13. The fraction of sp³-hybridized carbons (Fsp3) is 0. The van der Waals surface area contributed by atoms with E-state index in [2.05, 4.69) is 0 Å². The van der Waals surface area contributed by atoms with E-state index >= 15 is 0 Å². The largest absolute Gasteiger partial charge is 0.306 e. The van der Waals surface area contributed by atoms with E-state index in [0.717, 1.165) is 0 Å². The van der Waals surface area contributed by atoms with Crippen LogP contribution >= 0.6 is 11.6 Å². The molecule has 0 aliphatic rings. The van der Waals surface area contributed by atoms with E-state index in [1.165, 1.54) is 0 Å². The Balaban J connectivity index is 3.58. The average molecular weight is 255 g/mol. The van der Waals surface area contributed by atoms with Crippen molar-refractivity contribution in [1.29, 1.82) is 0 Å². The summed E-state index contributed by atoms with van der Waals surface area (Å²) in [6.45, 7) is 0. The number of hydrogen-bond acceptors (Lipinski definition) is 4. The maximum Gasteiger partial charge on any atom is 0.306 e. The summed E-state index contributed by atoms with van der Waals surface area (Å²) in [5.41, 5.74) is -0.997. The zero-order chi connectivity index (χ0) is 11.8. The number of primary sulfonamides is 1. The number of halogens is 2. The molecule has 82 valence electrons. The lowest BCUT2D eigenvalue weighted by Gasteiger charge is -2.01. The smallest absolute Gasteiger partial charge is 0.258 e. The normalized spacial score (nSPS) is 11.4. The van der Waals surface area contributed by atoms with Crippen molar-refractivity contribution in [3.05, 3.63) is 33.1 Å². The van der Waals surface area contributed by atoms with Crippen LogP contribution in [0.15, 0.2) is 17.0 Å². The molecule has 15 heavy (non-hydrogen) atoms. The van der Waals surface area contributed by atoms with Crippen LogP contribution in [-0.4, -0.2) is 13.3 Å². The van der Waals surface area contributed by atoms with Crippen LogP contribution in [0.5, 0.6) is 0 Å². The summed E-state index contributed by atoms with van der Waals surface area (Å²) >= 11 is 5.37. The minimum absolute atomic E-state index is 0.479. The third-order valence-electron chi connectivity index (χ3n) is 1.50. The van der Waals surface area contributed by atoms with Crippen molar-refractivity contribution in [1.82, 2.24) is 0 Å². The second-order valence-electron chi connectivity index (χ2n) is 2.54. The van der Waals surface area contributed by atoms with E-state index in [-0.39, 0.29) is 0 Å². The van der Waals surface area contributed by atoms with Crippen LogP contribution in [0.4, 0.5) is 10.1 Å². The van der Waals surface area contributed by atoms with E-state index in [0.29, 0.717) is 12.1 Å². The van der Waals surface area contributed by atoms with Crippen molar-refractivity contribution < 1.29 is 17.7 Å². The monoisotopic (exact) mass is 254 g/mol. The van der Waals surface area contributed by atoms with Gasteiger partial charge in [-0.05, 0) is 0 Å². The van der Waals surface area contributed by atoms with E-state index in [1.54, 1.807) is 0 Å². The number of rotatable bonds is 2. The highest BCUT2D eigenvalue weighted by atomic mass is 35.5. The molecule has 0 aliphatic carbocycles. The van der Waals surface area contributed by atoms with Crippen LogP contribution in [0.3, 0.4) is 0 Å². The molecule has 0 aliphatic heterocycles. The molecule has 0 atom stereocenters. The first-order chi connectivity index (χ1) is 6.73. The van der Waals surface area contributed by atoms with Crippen LogP contribution in [0, 0.1) is 15.9 Å². The van der Waals surface area contributed by atoms with E-state index < -0.39 is 36.4 Å². The van der Waals surface area contributed by atoms with E-state index in [1.807, 2.05) is 0 Å². The highest BCUT2D eigenvalue weighted by Gasteiger charge is 2.22. The Kier molecular flexibility index (Phi) is 2.93. The molecule has 1 aromatic rings. The molecule has 1 aromatic carbocycles. The highest BCUT2D eigenvalue weighted by Crippen LogP contribution is 2.28. The van der Waals surface area contributed by atoms with Gasteiger partial charge in [0.15, 0.2) is 0 Å². The lowest BCUT2D eigenvalue weighted by atomic mass is 10.3. The summed E-state index contributed by atoms with van der Waals surface area (Å²) in [6.07, 6.45) is 0. The summed E-state index contributed by atoms with van der Waals surface area (Å²) in [5, 5.41) is 14.5. The number of sulfonamides is 1. The fourth-order valence-corrected chi connectivity index (χ4v) is 1.96. The first-order valence-corrected chi connectivity index (χ1v) is 5.32. The van der Waals surface area contributed by atoms with E-state index in [9.17, 15) is 22.9 Å². The van der Waals surface area contributed by atoms with Gasteiger partial charge in [-0.2, -0.15) is 4.39 Å². The Labute approximate surface area is 88.7 Å². The Morgan fingerprint density at radius 3 is 2.40 bits per heavy atom. The van der Waals surface area contributed by atoms with Gasteiger partial charge in [0.05, 0.1) is 9.95 Å². The predicted molar refractivity (Wildman–Crippen MR) is 49.4 cm³/mol. The minimum Gasteiger partial charge on any atom is -0.258 e. The van der Waals surface area contributed by atoms with Crippen molar-refractivity contribution in [3.8, 4) is 0 Å². The van der Waals surface area contributed by atoms with Gasteiger partial charge in [-0.25, -0.2) is 13.6 Å². The highest BCUT2D eigenvalue weighted by molar-refractivity contribution is 7.89. The van der Waals surface area contributed by atoms with Crippen LogP contribution in [0.2, 0.25) is 5.02 Å². The third-order valence-corrected chi connectivity index (χ3v) is 2.88. The summed E-state index contributed by atoms with van der Waals surface area (Å²) in [4.78, 5) is 8.55. The van der Waals surface area contributed by atoms with Gasteiger partial charge in [0, 0.05) is 12.1 Å². The molecule has 0 saturated heterocycles. The third kappa shape index (κ3) is 2.41. The summed E-state index contributed by atoms with van der Waals surface area (Å²) in [6, 6.07) is 1.01. The maximum atomic E-state index is 12.9. The molecule has 6 nitrogen and oxygen atoms in total. The first kappa shape index (κ1) is 11.8. The Bertz CT molecular complexity index is 530. The molecule has 9 heteroatoms. The quantitative estimate of drug-likeness (QED) is 0.629. The molecule has 0 spiro atoms. The van der Waals surface area contributed by atoms with Crippen LogP contribution in [-0.2, 0) is 10.0 Å². The van der Waals surface area contributed by atoms with Crippen molar-refractivity contribution in [2.45, 2.75) is 4.90 Å². The van der Waals surface area contributed by atoms with Crippen LogP contribution in [0.25, 0.3) is 0 Å². The topological polar surface area (TPSA) is 103 Å². The van der Waals surface area contributed by atoms with Crippen molar-refractivity contribution in [2.24, 2.45) is 5.14 Å². The standard InChI is InChI=1S/C6H4ClFN2O4S/c7-3-1-4(8)5(10(11)12)2-6(3)15(9,13)14/h1-2H,(H2,9,13,14). The predicted octanol–water partition coefficient (Wildman–Crippen LogP) is 1.03. The molecule has 0 amide bonds. The van der Waals surface area contributed by atoms with Gasteiger partial charge in [-0.3, -0.25) is 10.1 Å². The van der Waals surface area contributed by atoms with Gasteiger partial charge in [0.1, 0.15) is 4.90 Å². The zero-order valence-corrected chi connectivity index (χ0v) is 8.55. The molecule has 0 radical (unpaired) electrons. The van der Waals surface area contributed by atoms with Gasteiger partial charge < -0.3 is 0 Å². The molecule has 0 fully saturated rings. The van der Waals surface area contributed by atoms with Gasteiger partial charge in [-0.15, -0.1) is 0 Å². The maximum absolute atomic E-state index is 12.9. The molecule has 0 bridgehead atoms. The summed E-state index contributed by atoms with van der Waals surface area (Å²) in [5.74, 6) is -1.22. The lowest BCUT2D eigenvalue weighted by molar-refractivity contribution is -0.387. The molecule has 0 heterocycles. The SMILES string of the molecule is NS(=O)(=O)c1cc([N+](=O)[O-])c(F)cc1Cl. The fourth-order valence-electron chi connectivity index (χ4n) is 0.876. The second kappa shape index (κ2) is 3.72. The molecule has 0 saturated carbocycles. The van der Waals surface area contributed by atoms with Crippen LogP contribution < -0.4 is 5.14 Å². The Morgan fingerprint density at radius 2 is 2.00 bits per heavy atom. The van der Waals surface area contributed by atoms with Gasteiger partial charge >= 0.3 is 5.69 Å². The molecule has 1 rings (SSSR count). The molecule has 0 unspecified atom stereocenters. The van der Waals surface area contributed by atoms with Crippen molar-refractivity contribution >= 4 is 27.3 Å². The summed E-state index contributed by atoms with van der Waals surface area (Å²) in [7, 11) is -4.21. The van der Waals surface area contributed by atoms with Crippen molar-refractivity contribution in [3.63, 3.8) is 0 Å². The molecular formula is C6H4ClFN2O4S. The van der Waals surface area contributed by atoms with Crippen molar-refractivity contribution in [2.75, 3.05) is 0 Å². The minimum atomic E-state index is -4.21. The number of nitro groups is 1. The number of nitro benzene ring substituents is 1. The number of nitrogens with two attached hydrogens (primary N) is 1. The zero-order valence-electron chi connectivity index (χ0n) is 6.98. The summed E-state index contributed by atoms with van der Waals surface area (Å²) < 4.78 is 34.7. The number of hydrogen-bond donors (Lipinski definition) is 1. The molecular weight excluding hydrogens is 251 g/mol. The molecule has 0 aromatic heterocycles. The van der Waals surface area contributed by atoms with Gasteiger partial charge in [0.25, 0.3) is 0 Å². The average Bonchev–Trinajstić information content (AvgIpc) is 2.00. The van der Waals surface area contributed by atoms with E-state index in [4.69, 9.17) is 16.7 Å². The first-order valence-electron chi connectivity index (χ1n) is 3.39. The Hall–Kier alpha value is -1.25. The number of benzene rings is 1. The van der Waals surface area contributed by atoms with Gasteiger partial charge in [0.2, 0.25) is 15.8 Å². The van der Waals surface area contributed by atoms with Crippen LogP contribution in [0.1, 0.15) is 0 Å². The number of nitrogens with zero attached hydrogens (tertiary/aromatic N) is 1. The van der Waals surface area contributed by atoms with Gasteiger partial charge in [-0.1, -0.05) is 11.6 Å². The Morgan fingerprint density at radius 1 is 1.47 bits per heavy atom. The molecule has 2 N–H and O–H groups in total.